The zero-order valence-electron chi connectivity index (χ0n) is 18.5. The predicted molar refractivity (Wildman–Crippen MR) is 132 cm³/mol. The Bertz CT molecular complexity index is 1320. The first-order valence-electron chi connectivity index (χ1n) is 10.9. The number of H-pyrrole nitrogens is 1. The van der Waals surface area contributed by atoms with Gasteiger partial charge in [-0.3, -0.25) is 0 Å². The Balaban J connectivity index is 1.59. The number of carbonyl (C=O) groups excluding carboxylic acids is 1. The molecule has 2 heterocycles. The van der Waals surface area contributed by atoms with E-state index in [1.165, 1.54) is 11.1 Å². The highest BCUT2D eigenvalue weighted by molar-refractivity contribution is 6.31. The average Bonchev–Trinajstić information content (AvgIpc) is 3.14. The number of aromatic amines is 1. The summed E-state index contributed by atoms with van der Waals surface area (Å²) in [5.74, 6) is 0. The minimum atomic E-state index is -0.198. The van der Waals surface area contributed by atoms with Gasteiger partial charge in [-0.05, 0) is 73.7 Å². The summed E-state index contributed by atoms with van der Waals surface area (Å²) in [6, 6.07) is 20.2. The Hall–Kier alpha value is -3.24. The fourth-order valence-electron chi connectivity index (χ4n) is 4.63. The van der Waals surface area contributed by atoms with Crippen LogP contribution in [-0.4, -0.2) is 22.5 Å². The molecule has 0 aliphatic carbocycles. The van der Waals surface area contributed by atoms with E-state index in [-0.39, 0.29) is 12.1 Å². The van der Waals surface area contributed by atoms with Crippen molar-refractivity contribution in [3.05, 3.63) is 99.2 Å². The number of amides is 2. The lowest BCUT2D eigenvalue weighted by atomic mass is 9.92. The molecule has 2 amide bonds. The summed E-state index contributed by atoms with van der Waals surface area (Å²) in [5.41, 5.74) is 8.66. The number of urea groups is 1. The maximum absolute atomic E-state index is 13.5. The van der Waals surface area contributed by atoms with E-state index >= 15 is 0 Å². The fraction of sp³-hybridized carbons (Fsp3) is 0.222. The molecule has 1 aliphatic rings. The third kappa shape index (κ3) is 3.65. The molecule has 4 nitrogen and oxygen atoms in total. The zero-order valence-corrected chi connectivity index (χ0v) is 19.3. The first kappa shape index (κ1) is 20.7. The highest BCUT2D eigenvalue weighted by Crippen LogP contribution is 2.39. The van der Waals surface area contributed by atoms with Gasteiger partial charge < -0.3 is 15.2 Å². The second-order valence-electron chi connectivity index (χ2n) is 8.71. The number of benzene rings is 3. The molecule has 0 bridgehead atoms. The van der Waals surface area contributed by atoms with Crippen molar-refractivity contribution in [2.24, 2.45) is 0 Å². The van der Waals surface area contributed by atoms with Crippen LogP contribution in [-0.2, 0) is 6.42 Å². The molecule has 162 valence electrons. The van der Waals surface area contributed by atoms with Crippen LogP contribution in [0, 0.1) is 20.8 Å². The summed E-state index contributed by atoms with van der Waals surface area (Å²) < 4.78 is 0. The molecule has 0 saturated carbocycles. The largest absolute Gasteiger partial charge is 0.356 e. The minimum Gasteiger partial charge on any atom is -0.356 e. The molecule has 5 heteroatoms. The lowest BCUT2D eigenvalue weighted by Crippen LogP contribution is -2.43. The summed E-state index contributed by atoms with van der Waals surface area (Å²) in [6.45, 7) is 6.75. The molecule has 0 radical (unpaired) electrons. The lowest BCUT2D eigenvalue weighted by Gasteiger charge is -2.36. The molecule has 0 fully saturated rings. The maximum atomic E-state index is 13.5. The molecule has 0 spiro atoms. The molecular weight excluding hydrogens is 418 g/mol. The smallest absolute Gasteiger partial charge is 0.322 e. The topological polar surface area (TPSA) is 48.1 Å². The van der Waals surface area contributed by atoms with Crippen LogP contribution in [0.4, 0.5) is 10.5 Å². The molecule has 1 unspecified atom stereocenters. The van der Waals surface area contributed by atoms with Gasteiger partial charge in [0.1, 0.15) is 0 Å². The molecule has 32 heavy (non-hydrogen) atoms. The Kier molecular flexibility index (Phi) is 5.18. The van der Waals surface area contributed by atoms with E-state index in [0.717, 1.165) is 50.4 Å². The van der Waals surface area contributed by atoms with E-state index < -0.39 is 0 Å². The van der Waals surface area contributed by atoms with Crippen LogP contribution in [0.2, 0.25) is 5.02 Å². The number of aryl methyl sites for hydroxylation is 3. The van der Waals surface area contributed by atoms with E-state index in [4.69, 9.17) is 11.6 Å². The van der Waals surface area contributed by atoms with Crippen molar-refractivity contribution in [1.82, 2.24) is 9.88 Å². The van der Waals surface area contributed by atoms with Gasteiger partial charge in [-0.2, -0.15) is 0 Å². The molecule has 0 saturated heterocycles. The second kappa shape index (κ2) is 8.03. The van der Waals surface area contributed by atoms with Crippen molar-refractivity contribution in [3.63, 3.8) is 0 Å². The van der Waals surface area contributed by atoms with Gasteiger partial charge >= 0.3 is 6.03 Å². The molecule has 1 aliphatic heterocycles. The van der Waals surface area contributed by atoms with E-state index in [1.54, 1.807) is 0 Å². The van der Waals surface area contributed by atoms with E-state index in [0.29, 0.717) is 6.54 Å². The van der Waals surface area contributed by atoms with E-state index in [9.17, 15) is 4.79 Å². The number of anilines is 1. The number of fused-ring (bicyclic) bond motifs is 3. The van der Waals surface area contributed by atoms with Gasteiger partial charge in [0.25, 0.3) is 0 Å². The Labute approximate surface area is 193 Å². The van der Waals surface area contributed by atoms with Crippen LogP contribution in [0.25, 0.3) is 10.9 Å². The van der Waals surface area contributed by atoms with Gasteiger partial charge in [0, 0.05) is 33.9 Å². The molecule has 4 aromatic rings. The monoisotopic (exact) mass is 443 g/mol. The minimum absolute atomic E-state index is 0.0911. The third-order valence-electron chi connectivity index (χ3n) is 6.38. The number of halogens is 1. The number of hydrogen-bond donors (Lipinski definition) is 2. The zero-order chi connectivity index (χ0) is 22.4. The van der Waals surface area contributed by atoms with Gasteiger partial charge in [-0.15, -0.1) is 0 Å². The summed E-state index contributed by atoms with van der Waals surface area (Å²) in [5, 5.41) is 5.02. The Morgan fingerprint density at radius 3 is 2.53 bits per heavy atom. The third-order valence-corrected chi connectivity index (χ3v) is 6.61. The molecule has 5 rings (SSSR count). The number of carbonyl (C=O) groups is 1. The number of nitrogens with zero attached hydrogens (tertiary/aromatic N) is 1. The first-order chi connectivity index (χ1) is 15.4. The summed E-state index contributed by atoms with van der Waals surface area (Å²) >= 11 is 6.30. The van der Waals surface area contributed by atoms with Crippen LogP contribution in [0.15, 0.2) is 60.7 Å². The number of nitrogens with one attached hydrogen (secondary N) is 2. The highest BCUT2D eigenvalue weighted by Gasteiger charge is 2.34. The lowest BCUT2D eigenvalue weighted by molar-refractivity contribution is 0.193. The number of rotatable bonds is 2. The summed E-state index contributed by atoms with van der Waals surface area (Å²) in [4.78, 5) is 19.1. The standard InChI is InChI=1S/C27H26ClN3O/c1-16-5-8-19(9-6-16)26-25-21(22-15-20(28)10-11-23(22)29-25)12-13-31(26)27(32)30-24-14-17(2)4-7-18(24)3/h4-11,14-15,26,29H,12-13H2,1-3H3,(H,30,32). The van der Waals surface area contributed by atoms with Crippen molar-refractivity contribution in [1.29, 1.82) is 0 Å². The first-order valence-corrected chi connectivity index (χ1v) is 11.3. The Morgan fingerprint density at radius 2 is 1.75 bits per heavy atom. The van der Waals surface area contributed by atoms with Crippen LogP contribution in [0.3, 0.4) is 0 Å². The average molecular weight is 444 g/mol. The molecule has 2 N–H and O–H groups in total. The van der Waals surface area contributed by atoms with Gasteiger partial charge in [-0.1, -0.05) is 53.6 Å². The van der Waals surface area contributed by atoms with Gasteiger partial charge in [0.15, 0.2) is 0 Å². The summed E-state index contributed by atoms with van der Waals surface area (Å²) in [6.07, 6.45) is 0.776. The van der Waals surface area contributed by atoms with Crippen molar-refractivity contribution >= 4 is 34.2 Å². The Morgan fingerprint density at radius 1 is 1.00 bits per heavy atom. The van der Waals surface area contributed by atoms with Crippen LogP contribution in [0.1, 0.15) is 39.6 Å². The van der Waals surface area contributed by atoms with Crippen LogP contribution >= 0.6 is 11.6 Å². The number of aromatic nitrogens is 1. The SMILES string of the molecule is Cc1ccc(C2c3[nH]c4ccc(Cl)cc4c3CCN2C(=O)Nc2cc(C)ccc2C)cc1. The van der Waals surface area contributed by atoms with Crippen molar-refractivity contribution < 1.29 is 4.79 Å². The fourth-order valence-corrected chi connectivity index (χ4v) is 4.80. The van der Waals surface area contributed by atoms with Crippen molar-refractivity contribution in [2.75, 3.05) is 11.9 Å². The predicted octanol–water partition coefficient (Wildman–Crippen LogP) is 6.93. The molecule has 3 aromatic carbocycles. The van der Waals surface area contributed by atoms with E-state index in [2.05, 4.69) is 47.6 Å². The highest BCUT2D eigenvalue weighted by atomic mass is 35.5. The van der Waals surface area contributed by atoms with Crippen molar-refractivity contribution in [2.45, 2.75) is 33.2 Å². The quantitative estimate of drug-likeness (QED) is 0.347. The molecule has 1 atom stereocenters. The van der Waals surface area contributed by atoms with E-state index in [1.807, 2.05) is 49.1 Å². The van der Waals surface area contributed by atoms with Gasteiger partial charge in [0.2, 0.25) is 0 Å². The van der Waals surface area contributed by atoms with Gasteiger partial charge in [-0.25, -0.2) is 4.79 Å². The number of hydrogen-bond acceptors (Lipinski definition) is 1. The maximum Gasteiger partial charge on any atom is 0.322 e. The normalized spacial score (nSPS) is 15.6. The molecular formula is C27H26ClN3O. The van der Waals surface area contributed by atoms with Crippen LogP contribution in [0.5, 0.6) is 0 Å². The van der Waals surface area contributed by atoms with Crippen molar-refractivity contribution in [3.8, 4) is 0 Å². The molecule has 1 aromatic heterocycles. The van der Waals surface area contributed by atoms with Gasteiger partial charge in [0.05, 0.1) is 6.04 Å². The summed E-state index contributed by atoms with van der Waals surface area (Å²) in [7, 11) is 0. The van der Waals surface area contributed by atoms with Crippen LogP contribution < -0.4 is 5.32 Å². The second-order valence-corrected chi connectivity index (χ2v) is 9.15.